The molecule has 0 unspecified atom stereocenters. The molecule has 0 amide bonds. The Hall–Kier alpha value is -2.93. The van der Waals surface area contributed by atoms with Crippen molar-refractivity contribution in [1.29, 1.82) is 0 Å². The summed E-state index contributed by atoms with van der Waals surface area (Å²) < 4.78 is 15.2. The minimum Gasteiger partial charge on any atom is -0.206 e. The first-order valence-electron chi connectivity index (χ1n) is 10.5. The van der Waals surface area contributed by atoms with Crippen molar-refractivity contribution < 1.29 is 4.39 Å². The summed E-state index contributed by atoms with van der Waals surface area (Å²) in [7, 11) is 0. The molecule has 0 atom stereocenters. The lowest BCUT2D eigenvalue weighted by Crippen LogP contribution is -1.89. The van der Waals surface area contributed by atoms with Crippen LogP contribution in [0.3, 0.4) is 0 Å². The highest BCUT2D eigenvalue weighted by Crippen LogP contribution is 2.32. The van der Waals surface area contributed by atoms with E-state index in [0.717, 1.165) is 22.9 Å². The summed E-state index contributed by atoms with van der Waals surface area (Å²) in [5.74, 6) is -0.149. The zero-order valence-corrected chi connectivity index (χ0v) is 17.2. The molecule has 4 rings (SSSR count). The van der Waals surface area contributed by atoms with Gasteiger partial charge in [-0.15, -0.1) is 0 Å². The minimum absolute atomic E-state index is 0.149. The third kappa shape index (κ3) is 4.24. The number of hydrogen-bond donors (Lipinski definition) is 0. The van der Waals surface area contributed by atoms with E-state index in [2.05, 4.69) is 37.3 Å². The van der Waals surface area contributed by atoms with Crippen LogP contribution in [0.4, 0.5) is 4.39 Å². The van der Waals surface area contributed by atoms with Crippen molar-refractivity contribution in [1.82, 2.24) is 0 Å². The van der Waals surface area contributed by atoms with Gasteiger partial charge >= 0.3 is 0 Å². The second-order valence-corrected chi connectivity index (χ2v) is 7.88. The molecule has 0 heterocycles. The predicted octanol–water partition coefficient (Wildman–Crippen LogP) is 8.35. The molecule has 0 saturated carbocycles. The maximum atomic E-state index is 15.2. The normalized spacial score (nSPS) is 11.1. The van der Waals surface area contributed by atoms with Gasteiger partial charge < -0.3 is 0 Å². The van der Waals surface area contributed by atoms with Crippen LogP contribution >= 0.6 is 0 Å². The molecular weight excluding hydrogens is 355 g/mol. The summed E-state index contributed by atoms with van der Waals surface area (Å²) in [5.41, 5.74) is 6.43. The fourth-order valence-electron chi connectivity index (χ4n) is 3.87. The van der Waals surface area contributed by atoms with Crippen molar-refractivity contribution in [2.45, 2.75) is 39.5 Å². The van der Waals surface area contributed by atoms with Gasteiger partial charge in [-0.1, -0.05) is 98.1 Å². The van der Waals surface area contributed by atoms with Gasteiger partial charge in [0.15, 0.2) is 0 Å². The Balaban J connectivity index is 1.63. The monoisotopic (exact) mass is 382 g/mol. The first-order chi connectivity index (χ1) is 14.2. The van der Waals surface area contributed by atoms with Crippen LogP contribution < -0.4 is 0 Å². The lowest BCUT2D eigenvalue weighted by atomic mass is 9.96. The highest BCUT2D eigenvalue weighted by Gasteiger charge is 2.10. The SMILES string of the molecule is CCCCCc1ccc(-c2ccc3c(F)c(-c4ccc(C)cc4)ccc3c2)cc1. The highest BCUT2D eigenvalue weighted by atomic mass is 19.1. The van der Waals surface area contributed by atoms with Crippen molar-refractivity contribution in [2.24, 2.45) is 0 Å². The Labute approximate surface area is 173 Å². The first kappa shape index (κ1) is 19.4. The lowest BCUT2D eigenvalue weighted by molar-refractivity contribution is 0.643. The van der Waals surface area contributed by atoms with Crippen LogP contribution in [0.25, 0.3) is 33.0 Å². The van der Waals surface area contributed by atoms with E-state index in [0.29, 0.717) is 10.9 Å². The Bertz CT molecular complexity index is 1110. The van der Waals surface area contributed by atoms with Gasteiger partial charge in [-0.25, -0.2) is 4.39 Å². The van der Waals surface area contributed by atoms with Crippen LogP contribution in [-0.4, -0.2) is 0 Å². The van der Waals surface area contributed by atoms with E-state index in [1.54, 1.807) is 0 Å². The lowest BCUT2D eigenvalue weighted by Gasteiger charge is -2.10. The van der Waals surface area contributed by atoms with Gasteiger partial charge in [0.1, 0.15) is 5.82 Å². The standard InChI is InChI=1S/C28H27F/c1-3-4-5-6-21-9-13-22(14-10-21)24-15-17-27-25(19-24)16-18-26(28(27)29)23-11-7-20(2)8-12-23/h7-19H,3-6H2,1-2H3. The van der Waals surface area contributed by atoms with E-state index in [9.17, 15) is 0 Å². The largest absolute Gasteiger partial charge is 0.206 e. The average Bonchev–Trinajstić information content (AvgIpc) is 2.75. The summed E-state index contributed by atoms with van der Waals surface area (Å²) >= 11 is 0. The Morgan fingerprint density at radius 3 is 2.10 bits per heavy atom. The molecule has 4 aromatic rings. The quantitative estimate of drug-likeness (QED) is 0.294. The third-order valence-corrected chi connectivity index (χ3v) is 5.67. The number of halogens is 1. The molecule has 0 nitrogen and oxygen atoms in total. The fourth-order valence-corrected chi connectivity index (χ4v) is 3.87. The maximum absolute atomic E-state index is 15.2. The molecule has 0 fully saturated rings. The van der Waals surface area contributed by atoms with E-state index >= 15 is 4.39 Å². The molecule has 0 N–H and O–H groups in total. The number of hydrogen-bond acceptors (Lipinski definition) is 0. The summed E-state index contributed by atoms with van der Waals surface area (Å²) in [6.45, 7) is 4.27. The van der Waals surface area contributed by atoms with Crippen molar-refractivity contribution in [3.8, 4) is 22.3 Å². The zero-order valence-electron chi connectivity index (χ0n) is 17.2. The van der Waals surface area contributed by atoms with Gasteiger partial charge in [-0.05, 0) is 53.5 Å². The smallest absolute Gasteiger partial charge is 0.138 e. The van der Waals surface area contributed by atoms with Crippen LogP contribution in [0.5, 0.6) is 0 Å². The number of benzene rings is 4. The summed E-state index contributed by atoms with van der Waals surface area (Å²) in [6, 6.07) is 26.7. The summed E-state index contributed by atoms with van der Waals surface area (Å²) in [5, 5.41) is 1.60. The number of fused-ring (bicyclic) bond motifs is 1. The second kappa shape index (κ2) is 8.61. The summed E-state index contributed by atoms with van der Waals surface area (Å²) in [6.07, 6.45) is 4.91. The molecular formula is C28H27F. The number of rotatable bonds is 6. The van der Waals surface area contributed by atoms with Crippen molar-refractivity contribution in [2.75, 3.05) is 0 Å². The van der Waals surface area contributed by atoms with E-state index in [1.165, 1.54) is 36.0 Å². The van der Waals surface area contributed by atoms with Crippen molar-refractivity contribution >= 4 is 10.8 Å². The molecule has 0 spiro atoms. The summed E-state index contributed by atoms with van der Waals surface area (Å²) in [4.78, 5) is 0. The molecule has 0 radical (unpaired) electrons. The molecule has 0 aliphatic carbocycles. The molecule has 0 saturated heterocycles. The molecule has 0 aliphatic rings. The van der Waals surface area contributed by atoms with Gasteiger partial charge in [-0.3, -0.25) is 0 Å². The van der Waals surface area contributed by atoms with Crippen LogP contribution in [0.15, 0.2) is 78.9 Å². The van der Waals surface area contributed by atoms with Crippen LogP contribution in [0, 0.1) is 12.7 Å². The third-order valence-electron chi connectivity index (χ3n) is 5.67. The molecule has 0 bridgehead atoms. The number of unbranched alkanes of at least 4 members (excludes halogenated alkanes) is 2. The van der Waals surface area contributed by atoms with E-state index in [1.807, 2.05) is 55.5 Å². The van der Waals surface area contributed by atoms with Crippen LogP contribution in [-0.2, 0) is 6.42 Å². The van der Waals surface area contributed by atoms with Crippen molar-refractivity contribution in [3.63, 3.8) is 0 Å². The van der Waals surface area contributed by atoms with Gasteiger partial charge in [0.2, 0.25) is 0 Å². The van der Waals surface area contributed by atoms with E-state index < -0.39 is 0 Å². The highest BCUT2D eigenvalue weighted by molar-refractivity contribution is 5.91. The zero-order chi connectivity index (χ0) is 20.2. The topological polar surface area (TPSA) is 0 Å². The number of aryl methyl sites for hydroxylation is 2. The molecule has 4 aromatic carbocycles. The Morgan fingerprint density at radius 1 is 0.690 bits per heavy atom. The van der Waals surface area contributed by atoms with Gasteiger partial charge in [0.25, 0.3) is 0 Å². The van der Waals surface area contributed by atoms with E-state index in [-0.39, 0.29) is 5.82 Å². The average molecular weight is 383 g/mol. The maximum Gasteiger partial charge on any atom is 0.138 e. The van der Waals surface area contributed by atoms with Crippen molar-refractivity contribution in [3.05, 3.63) is 95.8 Å². The molecule has 1 heteroatoms. The molecule has 0 aliphatic heterocycles. The molecule has 0 aromatic heterocycles. The van der Waals surface area contributed by atoms with E-state index in [4.69, 9.17) is 0 Å². The van der Waals surface area contributed by atoms with Gasteiger partial charge in [-0.2, -0.15) is 0 Å². The van der Waals surface area contributed by atoms with Gasteiger partial charge in [0.05, 0.1) is 0 Å². The molecule has 146 valence electrons. The molecule has 29 heavy (non-hydrogen) atoms. The van der Waals surface area contributed by atoms with Crippen LogP contribution in [0.1, 0.15) is 37.3 Å². The minimum atomic E-state index is -0.149. The fraction of sp³-hybridized carbons (Fsp3) is 0.214. The van der Waals surface area contributed by atoms with Crippen LogP contribution in [0.2, 0.25) is 0 Å². The predicted molar refractivity (Wildman–Crippen MR) is 123 cm³/mol. The Morgan fingerprint density at radius 2 is 1.38 bits per heavy atom. The second-order valence-electron chi connectivity index (χ2n) is 7.88. The van der Waals surface area contributed by atoms with Gasteiger partial charge in [0, 0.05) is 10.9 Å². The Kier molecular flexibility index (Phi) is 5.76. The first-order valence-corrected chi connectivity index (χ1v) is 10.5.